The molecule has 0 radical (unpaired) electrons. The maximum Gasteiger partial charge on any atom is 0.347 e. The van der Waals surface area contributed by atoms with Crippen molar-refractivity contribution in [1.82, 2.24) is 0 Å². The first-order valence-electron chi connectivity index (χ1n) is 6.64. The van der Waals surface area contributed by atoms with E-state index in [1.807, 2.05) is 6.07 Å². The Balaban J connectivity index is 1.85. The van der Waals surface area contributed by atoms with Gasteiger partial charge < -0.3 is 14.2 Å². The molecule has 2 unspecified atom stereocenters. The van der Waals surface area contributed by atoms with Crippen molar-refractivity contribution in [1.29, 1.82) is 5.26 Å². The molecule has 0 aromatic heterocycles. The second kappa shape index (κ2) is 6.92. The lowest BCUT2D eigenvalue weighted by Crippen LogP contribution is -2.29. The molecule has 2 atom stereocenters. The fourth-order valence-electron chi connectivity index (χ4n) is 1.97. The van der Waals surface area contributed by atoms with Gasteiger partial charge in [-0.1, -0.05) is 12.1 Å². The van der Waals surface area contributed by atoms with Gasteiger partial charge in [0, 0.05) is 6.61 Å². The third kappa shape index (κ3) is 3.72. The van der Waals surface area contributed by atoms with Gasteiger partial charge in [-0.25, -0.2) is 4.79 Å². The second-order valence-corrected chi connectivity index (χ2v) is 4.63. The van der Waals surface area contributed by atoms with Crippen LogP contribution in [-0.4, -0.2) is 31.4 Å². The van der Waals surface area contributed by atoms with Crippen LogP contribution < -0.4 is 4.74 Å². The van der Waals surface area contributed by atoms with Gasteiger partial charge in [0.05, 0.1) is 11.7 Å². The Morgan fingerprint density at radius 2 is 2.35 bits per heavy atom. The van der Waals surface area contributed by atoms with Crippen LogP contribution in [0, 0.1) is 11.3 Å². The monoisotopic (exact) mass is 275 g/mol. The van der Waals surface area contributed by atoms with E-state index in [4.69, 9.17) is 19.5 Å². The minimum absolute atomic E-state index is 0.00227. The molecule has 1 saturated heterocycles. The Kier molecular flexibility index (Phi) is 4.97. The molecule has 1 fully saturated rings. The highest BCUT2D eigenvalue weighted by Crippen LogP contribution is 2.19. The summed E-state index contributed by atoms with van der Waals surface area (Å²) in [4.78, 5) is 11.8. The number of carbonyl (C=O) groups excluding carboxylic acids is 1. The summed E-state index contributed by atoms with van der Waals surface area (Å²) < 4.78 is 16.0. The van der Waals surface area contributed by atoms with Crippen LogP contribution in [0.15, 0.2) is 24.3 Å². The van der Waals surface area contributed by atoms with E-state index in [1.165, 1.54) is 0 Å². The number of benzene rings is 1. The van der Waals surface area contributed by atoms with Crippen LogP contribution >= 0.6 is 0 Å². The highest BCUT2D eigenvalue weighted by atomic mass is 16.6. The molecule has 5 heteroatoms. The van der Waals surface area contributed by atoms with Crippen molar-refractivity contribution >= 4 is 5.97 Å². The Labute approximate surface area is 118 Å². The number of nitriles is 1. The van der Waals surface area contributed by atoms with Crippen molar-refractivity contribution in [3.05, 3.63) is 29.8 Å². The summed E-state index contributed by atoms with van der Waals surface area (Å²) in [5.41, 5.74) is 0.395. The normalized spacial score (nSPS) is 19.1. The molecule has 0 spiro atoms. The van der Waals surface area contributed by atoms with Gasteiger partial charge in [-0.05, 0) is 31.9 Å². The molecule has 1 heterocycles. The third-order valence-corrected chi connectivity index (χ3v) is 3.08. The topological polar surface area (TPSA) is 68.5 Å². The largest absolute Gasteiger partial charge is 0.478 e. The lowest BCUT2D eigenvalue weighted by atomic mass is 10.2. The fraction of sp³-hybridized carbons (Fsp3) is 0.467. The molecule has 0 amide bonds. The maximum atomic E-state index is 11.8. The first kappa shape index (κ1) is 14.4. The molecule has 0 bridgehead atoms. The van der Waals surface area contributed by atoms with Gasteiger partial charge in [-0.2, -0.15) is 5.26 Å². The van der Waals surface area contributed by atoms with E-state index in [-0.39, 0.29) is 12.7 Å². The first-order chi connectivity index (χ1) is 9.70. The number of hydrogen-bond donors (Lipinski definition) is 0. The summed E-state index contributed by atoms with van der Waals surface area (Å²) in [5, 5.41) is 8.95. The Bertz CT molecular complexity index is 503. The smallest absolute Gasteiger partial charge is 0.347 e. The molecule has 0 N–H and O–H groups in total. The van der Waals surface area contributed by atoms with Gasteiger partial charge in [0.25, 0.3) is 0 Å². The van der Waals surface area contributed by atoms with E-state index in [9.17, 15) is 4.79 Å². The van der Waals surface area contributed by atoms with Gasteiger partial charge in [0.15, 0.2) is 6.10 Å². The zero-order valence-electron chi connectivity index (χ0n) is 11.4. The van der Waals surface area contributed by atoms with Crippen molar-refractivity contribution in [2.45, 2.75) is 32.0 Å². The highest BCUT2D eigenvalue weighted by Gasteiger charge is 2.22. The van der Waals surface area contributed by atoms with Crippen LogP contribution in [0.3, 0.4) is 0 Å². The summed E-state index contributed by atoms with van der Waals surface area (Å²) in [6.45, 7) is 2.59. The number of carbonyl (C=O) groups is 1. The minimum atomic E-state index is -0.758. The van der Waals surface area contributed by atoms with E-state index >= 15 is 0 Å². The number of nitrogens with zero attached hydrogens (tertiary/aromatic N) is 1. The zero-order valence-corrected chi connectivity index (χ0v) is 11.4. The van der Waals surface area contributed by atoms with Gasteiger partial charge in [0.1, 0.15) is 18.4 Å². The van der Waals surface area contributed by atoms with Crippen LogP contribution in [0.4, 0.5) is 0 Å². The summed E-state index contributed by atoms with van der Waals surface area (Å²) in [7, 11) is 0. The van der Waals surface area contributed by atoms with Crippen molar-refractivity contribution in [3.63, 3.8) is 0 Å². The van der Waals surface area contributed by atoms with Crippen LogP contribution in [-0.2, 0) is 14.3 Å². The second-order valence-electron chi connectivity index (χ2n) is 4.63. The predicted octanol–water partition coefficient (Wildman–Crippen LogP) is 2.05. The summed E-state index contributed by atoms with van der Waals surface area (Å²) >= 11 is 0. The maximum absolute atomic E-state index is 11.8. The van der Waals surface area contributed by atoms with E-state index in [2.05, 4.69) is 0 Å². The molecule has 106 valence electrons. The zero-order chi connectivity index (χ0) is 14.4. The molecule has 20 heavy (non-hydrogen) atoms. The number of ether oxygens (including phenoxy) is 3. The van der Waals surface area contributed by atoms with E-state index in [0.717, 1.165) is 19.4 Å². The molecule has 5 nitrogen and oxygen atoms in total. The third-order valence-electron chi connectivity index (χ3n) is 3.08. The molecule has 2 rings (SSSR count). The summed E-state index contributed by atoms with van der Waals surface area (Å²) in [5.74, 6) is -0.0650. The quantitative estimate of drug-likeness (QED) is 0.769. The molecule has 0 aliphatic carbocycles. The average molecular weight is 275 g/mol. The Morgan fingerprint density at radius 1 is 1.55 bits per heavy atom. The first-order valence-corrected chi connectivity index (χ1v) is 6.64. The average Bonchev–Trinajstić information content (AvgIpc) is 2.98. The van der Waals surface area contributed by atoms with Crippen LogP contribution in [0.1, 0.15) is 25.3 Å². The Hall–Kier alpha value is -2.06. The van der Waals surface area contributed by atoms with E-state index in [0.29, 0.717) is 11.3 Å². The van der Waals surface area contributed by atoms with Gasteiger partial charge in [0.2, 0.25) is 0 Å². The SMILES string of the molecule is CC(Oc1ccccc1C#N)C(=O)OCC1CCCO1. The molecule has 1 aromatic carbocycles. The van der Waals surface area contributed by atoms with Crippen LogP contribution in [0.5, 0.6) is 5.75 Å². The van der Waals surface area contributed by atoms with Crippen LogP contribution in [0.2, 0.25) is 0 Å². The van der Waals surface area contributed by atoms with Crippen molar-refractivity contribution in [2.24, 2.45) is 0 Å². The van der Waals surface area contributed by atoms with E-state index in [1.54, 1.807) is 31.2 Å². The fourth-order valence-corrected chi connectivity index (χ4v) is 1.97. The number of rotatable bonds is 5. The van der Waals surface area contributed by atoms with Gasteiger partial charge in [-0.15, -0.1) is 0 Å². The number of hydrogen-bond acceptors (Lipinski definition) is 5. The lowest BCUT2D eigenvalue weighted by Gasteiger charge is -2.16. The number of para-hydroxylation sites is 1. The number of esters is 1. The highest BCUT2D eigenvalue weighted by molar-refractivity contribution is 5.74. The van der Waals surface area contributed by atoms with Crippen molar-refractivity contribution < 1.29 is 19.0 Å². The molecule has 0 saturated carbocycles. The molecule has 1 aromatic rings. The summed E-state index contributed by atoms with van der Waals surface area (Å²) in [6, 6.07) is 8.81. The van der Waals surface area contributed by atoms with Gasteiger partial charge in [-0.3, -0.25) is 0 Å². The Morgan fingerprint density at radius 3 is 3.05 bits per heavy atom. The summed E-state index contributed by atoms with van der Waals surface area (Å²) in [6.07, 6.45) is 1.16. The minimum Gasteiger partial charge on any atom is -0.478 e. The van der Waals surface area contributed by atoms with Crippen molar-refractivity contribution in [3.8, 4) is 11.8 Å². The standard InChI is InChI=1S/C15H17NO4/c1-11(15(17)19-10-13-6-4-8-18-13)20-14-7-3-2-5-12(14)9-16/h2-3,5,7,11,13H,4,6,8,10H2,1H3. The predicted molar refractivity (Wildman–Crippen MR) is 71.2 cm³/mol. The molecule has 1 aliphatic heterocycles. The lowest BCUT2D eigenvalue weighted by molar-refractivity contribution is -0.154. The van der Waals surface area contributed by atoms with Crippen LogP contribution in [0.25, 0.3) is 0 Å². The van der Waals surface area contributed by atoms with Crippen molar-refractivity contribution in [2.75, 3.05) is 13.2 Å². The molecular weight excluding hydrogens is 258 g/mol. The molecule has 1 aliphatic rings. The van der Waals surface area contributed by atoms with Gasteiger partial charge >= 0.3 is 5.97 Å². The molecular formula is C15H17NO4. The van der Waals surface area contributed by atoms with E-state index < -0.39 is 12.1 Å².